The number of benzene rings is 2. The fourth-order valence-electron chi connectivity index (χ4n) is 4.62. The number of ketones is 1. The van der Waals surface area contributed by atoms with Crippen LogP contribution in [0, 0.1) is 0 Å². The molecule has 4 rings (SSSR count). The second kappa shape index (κ2) is 11.9. The van der Waals surface area contributed by atoms with E-state index in [-0.39, 0.29) is 5.57 Å². The fraction of sp³-hybridized carbons (Fsp3) is 0.357. The summed E-state index contributed by atoms with van der Waals surface area (Å²) in [4.78, 5) is 30.4. The summed E-state index contributed by atoms with van der Waals surface area (Å²) in [7, 11) is 3.08. The van der Waals surface area contributed by atoms with Gasteiger partial charge in [0.05, 0.1) is 39.0 Å². The van der Waals surface area contributed by atoms with Crippen LogP contribution < -0.4 is 9.47 Å². The highest BCUT2D eigenvalue weighted by Gasteiger charge is 2.43. The summed E-state index contributed by atoms with van der Waals surface area (Å²) in [5.41, 5.74) is 1.57. The first kappa shape index (κ1) is 25.5. The number of carbonyl (C=O) groups excluding carboxylic acids is 2. The minimum absolute atomic E-state index is 0.0609. The summed E-state index contributed by atoms with van der Waals surface area (Å²) in [6, 6.07) is 13.9. The van der Waals surface area contributed by atoms with E-state index >= 15 is 0 Å². The molecule has 1 N–H and O–H groups in total. The normalized spacial score (nSPS) is 18.8. The van der Waals surface area contributed by atoms with Crippen molar-refractivity contribution in [1.82, 2.24) is 9.80 Å². The molecule has 0 bridgehead atoms. The zero-order valence-electron chi connectivity index (χ0n) is 20.7. The predicted molar refractivity (Wildman–Crippen MR) is 136 cm³/mol. The van der Waals surface area contributed by atoms with Crippen molar-refractivity contribution in [2.24, 2.45) is 0 Å². The molecular weight excluding hydrogens is 460 g/mol. The highest BCUT2D eigenvalue weighted by atomic mass is 16.5. The molecule has 1 saturated heterocycles. The minimum atomic E-state index is -0.741. The highest BCUT2D eigenvalue weighted by molar-refractivity contribution is 6.14. The van der Waals surface area contributed by atoms with Crippen molar-refractivity contribution in [3.05, 3.63) is 77.1 Å². The molecule has 2 heterocycles. The molecule has 2 aliphatic rings. The highest BCUT2D eigenvalue weighted by Crippen LogP contribution is 2.41. The van der Waals surface area contributed by atoms with E-state index in [4.69, 9.17) is 14.2 Å². The molecule has 0 aliphatic carbocycles. The van der Waals surface area contributed by atoms with E-state index in [1.807, 2.05) is 30.3 Å². The van der Waals surface area contributed by atoms with Crippen molar-refractivity contribution in [2.75, 3.05) is 53.6 Å². The molecule has 8 heteroatoms. The SMILES string of the molecule is COc1ccc([C@H]2C(C(=O)/C=C/c3ccccc3)=C(O)C(=O)N2CCCN2CCOCC2)cc1OC. The van der Waals surface area contributed by atoms with Crippen LogP contribution >= 0.6 is 0 Å². The largest absolute Gasteiger partial charge is 0.503 e. The van der Waals surface area contributed by atoms with Gasteiger partial charge in [-0.15, -0.1) is 0 Å². The van der Waals surface area contributed by atoms with Crippen LogP contribution in [0.2, 0.25) is 0 Å². The molecule has 0 unspecified atom stereocenters. The lowest BCUT2D eigenvalue weighted by molar-refractivity contribution is -0.129. The van der Waals surface area contributed by atoms with Gasteiger partial charge in [-0.25, -0.2) is 0 Å². The summed E-state index contributed by atoms with van der Waals surface area (Å²) >= 11 is 0. The maximum absolute atomic E-state index is 13.3. The van der Waals surface area contributed by atoms with E-state index in [0.717, 1.165) is 25.2 Å². The summed E-state index contributed by atoms with van der Waals surface area (Å²) in [5.74, 6) is -0.458. The molecule has 0 aromatic heterocycles. The number of ether oxygens (including phenoxy) is 3. The van der Waals surface area contributed by atoms with Gasteiger partial charge in [-0.2, -0.15) is 0 Å². The Kier molecular flexibility index (Phi) is 8.40. The van der Waals surface area contributed by atoms with Crippen LogP contribution in [0.5, 0.6) is 11.5 Å². The van der Waals surface area contributed by atoms with Crippen molar-refractivity contribution in [2.45, 2.75) is 12.5 Å². The maximum atomic E-state index is 13.3. The number of aliphatic hydroxyl groups excluding tert-OH is 1. The van der Waals surface area contributed by atoms with E-state index in [0.29, 0.717) is 43.2 Å². The molecule has 36 heavy (non-hydrogen) atoms. The molecule has 1 amide bonds. The first-order valence-electron chi connectivity index (χ1n) is 12.1. The Balaban J connectivity index is 1.63. The number of methoxy groups -OCH3 is 2. The topological polar surface area (TPSA) is 88.5 Å². The molecule has 2 aliphatic heterocycles. The number of hydrogen-bond donors (Lipinski definition) is 1. The molecule has 0 radical (unpaired) electrons. The smallest absolute Gasteiger partial charge is 0.290 e. The van der Waals surface area contributed by atoms with E-state index in [1.54, 1.807) is 36.3 Å². The van der Waals surface area contributed by atoms with Crippen molar-refractivity contribution in [3.63, 3.8) is 0 Å². The van der Waals surface area contributed by atoms with Gasteiger partial charge in [0, 0.05) is 26.2 Å². The van der Waals surface area contributed by atoms with Crippen LogP contribution in [0.1, 0.15) is 23.6 Å². The summed E-state index contributed by atoms with van der Waals surface area (Å²) in [5, 5.41) is 10.9. The minimum Gasteiger partial charge on any atom is -0.503 e. The molecule has 2 aromatic rings. The third-order valence-corrected chi connectivity index (χ3v) is 6.50. The Morgan fingerprint density at radius 2 is 1.78 bits per heavy atom. The fourth-order valence-corrected chi connectivity index (χ4v) is 4.62. The number of aliphatic hydroxyl groups is 1. The van der Waals surface area contributed by atoms with E-state index in [1.165, 1.54) is 13.2 Å². The number of allylic oxidation sites excluding steroid dienone is 1. The Morgan fingerprint density at radius 1 is 1.06 bits per heavy atom. The molecular formula is C28H32N2O6. The maximum Gasteiger partial charge on any atom is 0.290 e. The van der Waals surface area contributed by atoms with Crippen LogP contribution in [-0.2, 0) is 14.3 Å². The number of rotatable bonds is 10. The lowest BCUT2D eigenvalue weighted by Gasteiger charge is -2.30. The van der Waals surface area contributed by atoms with Crippen molar-refractivity contribution in [1.29, 1.82) is 0 Å². The quantitative estimate of drug-likeness (QED) is 0.509. The zero-order chi connectivity index (χ0) is 25.5. The van der Waals surface area contributed by atoms with Crippen molar-refractivity contribution in [3.8, 4) is 11.5 Å². The molecule has 0 spiro atoms. The molecule has 1 atom stereocenters. The van der Waals surface area contributed by atoms with E-state index < -0.39 is 23.5 Å². The third kappa shape index (κ3) is 5.61. The number of carbonyl (C=O) groups is 2. The summed E-state index contributed by atoms with van der Waals surface area (Å²) in [6.07, 6.45) is 3.78. The lowest BCUT2D eigenvalue weighted by atomic mass is 9.95. The number of amides is 1. The first-order valence-corrected chi connectivity index (χ1v) is 12.1. The number of hydrogen-bond acceptors (Lipinski definition) is 7. The van der Waals surface area contributed by atoms with Crippen molar-refractivity contribution >= 4 is 17.8 Å². The molecule has 1 fully saturated rings. The van der Waals surface area contributed by atoms with E-state index in [9.17, 15) is 14.7 Å². The van der Waals surface area contributed by atoms with Crippen LogP contribution in [0.25, 0.3) is 6.08 Å². The van der Waals surface area contributed by atoms with Crippen LogP contribution in [0.15, 0.2) is 65.9 Å². The lowest BCUT2D eigenvalue weighted by Crippen LogP contribution is -2.39. The molecule has 2 aromatic carbocycles. The van der Waals surface area contributed by atoms with Crippen LogP contribution in [0.4, 0.5) is 0 Å². The first-order chi connectivity index (χ1) is 17.5. The van der Waals surface area contributed by atoms with Gasteiger partial charge < -0.3 is 24.2 Å². The van der Waals surface area contributed by atoms with Gasteiger partial charge in [-0.05, 0) is 35.8 Å². The van der Waals surface area contributed by atoms with Crippen LogP contribution in [0.3, 0.4) is 0 Å². The number of morpholine rings is 1. The molecule has 190 valence electrons. The Morgan fingerprint density at radius 3 is 2.47 bits per heavy atom. The van der Waals surface area contributed by atoms with Crippen LogP contribution in [-0.4, -0.2) is 80.2 Å². The van der Waals surface area contributed by atoms with Gasteiger partial charge >= 0.3 is 0 Å². The monoisotopic (exact) mass is 492 g/mol. The van der Waals surface area contributed by atoms with Gasteiger partial charge in [-0.1, -0.05) is 42.5 Å². The van der Waals surface area contributed by atoms with Gasteiger partial charge in [-0.3, -0.25) is 14.5 Å². The standard InChI is InChI=1S/C28H32N2O6/c1-34-23-12-10-21(19-24(23)35-2)26-25(22(31)11-9-20-7-4-3-5-8-20)27(32)28(33)30(26)14-6-13-29-15-17-36-18-16-29/h3-5,7-12,19,26,32H,6,13-18H2,1-2H3/b11-9+/t26-/m0/s1. The Labute approximate surface area is 211 Å². The second-order valence-corrected chi connectivity index (χ2v) is 8.69. The molecule has 0 saturated carbocycles. The van der Waals surface area contributed by atoms with Crippen molar-refractivity contribution < 1.29 is 28.9 Å². The second-order valence-electron chi connectivity index (χ2n) is 8.69. The average Bonchev–Trinajstić information content (AvgIpc) is 3.17. The summed E-state index contributed by atoms with van der Waals surface area (Å²) in [6.45, 7) is 4.29. The molecule has 8 nitrogen and oxygen atoms in total. The van der Waals surface area contributed by atoms with Gasteiger partial charge in [0.1, 0.15) is 0 Å². The predicted octanol–water partition coefficient (Wildman–Crippen LogP) is 3.40. The Bertz CT molecular complexity index is 1140. The van der Waals surface area contributed by atoms with E-state index in [2.05, 4.69) is 4.90 Å². The zero-order valence-corrected chi connectivity index (χ0v) is 20.7. The van der Waals surface area contributed by atoms with Gasteiger partial charge in [0.15, 0.2) is 23.0 Å². The average molecular weight is 493 g/mol. The van der Waals surface area contributed by atoms with Gasteiger partial charge in [0.2, 0.25) is 0 Å². The summed E-state index contributed by atoms with van der Waals surface area (Å²) < 4.78 is 16.2. The van der Waals surface area contributed by atoms with Gasteiger partial charge in [0.25, 0.3) is 5.91 Å². The number of nitrogens with zero attached hydrogens (tertiary/aromatic N) is 2. The Hall–Kier alpha value is -3.62. The third-order valence-electron chi connectivity index (χ3n) is 6.50.